The molecule has 2 aromatic rings. The number of hydrogen-bond acceptors (Lipinski definition) is 4. The fourth-order valence-corrected chi connectivity index (χ4v) is 1.99. The average molecular weight is 182 g/mol. The minimum Gasteiger partial charge on any atom is -0.381 e. The van der Waals surface area contributed by atoms with Crippen LogP contribution in [0.25, 0.3) is 10.3 Å². The van der Waals surface area contributed by atoms with Crippen LogP contribution in [-0.4, -0.2) is 13.9 Å². The Morgan fingerprint density at radius 2 is 2.33 bits per heavy atom. The number of nitrogens with two attached hydrogens (primary N) is 1. The van der Waals surface area contributed by atoms with Crippen LogP contribution in [0.1, 0.15) is 19.9 Å². The summed E-state index contributed by atoms with van der Waals surface area (Å²) in [5, 5.41) is 0. The van der Waals surface area contributed by atoms with Crippen molar-refractivity contribution < 1.29 is 0 Å². The number of anilines is 1. The number of nitrogens with zero attached hydrogens (tertiary/aromatic N) is 3. The molecular formula is C7H10N4S. The van der Waals surface area contributed by atoms with Crippen molar-refractivity contribution in [2.24, 2.45) is 0 Å². The van der Waals surface area contributed by atoms with Gasteiger partial charge in [0.2, 0.25) is 0 Å². The topological polar surface area (TPSA) is 56.7 Å². The molecule has 0 aliphatic carbocycles. The molecule has 2 heterocycles. The summed E-state index contributed by atoms with van der Waals surface area (Å²) in [5.41, 5.74) is 6.44. The largest absolute Gasteiger partial charge is 0.381 e. The van der Waals surface area contributed by atoms with E-state index in [0.717, 1.165) is 10.3 Å². The van der Waals surface area contributed by atoms with Crippen LogP contribution in [0.5, 0.6) is 0 Å². The van der Waals surface area contributed by atoms with Crippen molar-refractivity contribution in [3.63, 3.8) is 0 Å². The molecule has 0 fully saturated rings. The zero-order valence-electron chi connectivity index (χ0n) is 6.98. The summed E-state index contributed by atoms with van der Waals surface area (Å²) in [6.45, 7) is 4.22. The maximum Gasteiger partial charge on any atom is 0.165 e. The Kier molecular flexibility index (Phi) is 1.54. The third-order valence-corrected chi connectivity index (χ3v) is 2.64. The Hall–Kier alpha value is -1.10. The van der Waals surface area contributed by atoms with Crippen LogP contribution in [0.15, 0.2) is 6.33 Å². The maximum absolute atomic E-state index is 5.61. The van der Waals surface area contributed by atoms with Gasteiger partial charge in [-0.05, 0) is 25.4 Å². The number of fused-ring (bicyclic) bond motifs is 1. The molecule has 0 saturated heterocycles. The van der Waals surface area contributed by atoms with Crippen LogP contribution < -0.4 is 5.73 Å². The Morgan fingerprint density at radius 3 is 3.00 bits per heavy atom. The summed E-state index contributed by atoms with van der Waals surface area (Å²) < 4.78 is 6.11. The first-order valence-electron chi connectivity index (χ1n) is 3.78. The van der Waals surface area contributed by atoms with Crippen molar-refractivity contribution in [1.82, 2.24) is 13.9 Å². The second-order valence-electron chi connectivity index (χ2n) is 2.97. The minimum atomic E-state index is 0.412. The van der Waals surface area contributed by atoms with Gasteiger partial charge in [-0.1, -0.05) is 0 Å². The monoisotopic (exact) mass is 182 g/mol. The second kappa shape index (κ2) is 2.45. The van der Waals surface area contributed by atoms with Gasteiger partial charge in [-0.3, -0.25) is 0 Å². The molecule has 0 bridgehead atoms. The van der Waals surface area contributed by atoms with Gasteiger partial charge in [-0.15, -0.1) is 0 Å². The van der Waals surface area contributed by atoms with Gasteiger partial charge in [0.15, 0.2) is 5.82 Å². The van der Waals surface area contributed by atoms with Crippen molar-refractivity contribution in [3.05, 3.63) is 6.33 Å². The van der Waals surface area contributed by atoms with Crippen molar-refractivity contribution in [1.29, 1.82) is 0 Å². The first kappa shape index (κ1) is 7.54. The molecule has 12 heavy (non-hydrogen) atoms. The highest BCUT2D eigenvalue weighted by atomic mass is 32.1. The zero-order valence-corrected chi connectivity index (χ0v) is 7.80. The first-order chi connectivity index (χ1) is 5.70. The standard InChI is InChI=1S/C7H10N4S/c1-4(2)11-3-9-5-6(8)10-12-7(5)11/h3-4H,1-2H3,(H2,8,10). The predicted octanol–water partition coefficient (Wildman–Crippen LogP) is 1.66. The molecule has 2 aromatic heterocycles. The number of imidazole rings is 1. The van der Waals surface area contributed by atoms with Crippen LogP contribution in [-0.2, 0) is 0 Å². The smallest absolute Gasteiger partial charge is 0.165 e. The van der Waals surface area contributed by atoms with Gasteiger partial charge >= 0.3 is 0 Å². The summed E-state index contributed by atoms with van der Waals surface area (Å²) in [6, 6.07) is 0.412. The molecular weight excluding hydrogens is 172 g/mol. The van der Waals surface area contributed by atoms with E-state index >= 15 is 0 Å². The third-order valence-electron chi connectivity index (χ3n) is 1.78. The average Bonchev–Trinajstić information content (AvgIpc) is 2.53. The summed E-state index contributed by atoms with van der Waals surface area (Å²) in [6.07, 6.45) is 1.81. The Morgan fingerprint density at radius 1 is 1.58 bits per heavy atom. The molecule has 64 valence electrons. The van der Waals surface area contributed by atoms with Gasteiger partial charge in [-0.2, -0.15) is 4.37 Å². The van der Waals surface area contributed by atoms with Crippen molar-refractivity contribution in [3.8, 4) is 0 Å². The number of rotatable bonds is 1. The fourth-order valence-electron chi connectivity index (χ4n) is 1.12. The van der Waals surface area contributed by atoms with Crippen LogP contribution in [0.4, 0.5) is 5.82 Å². The predicted molar refractivity (Wildman–Crippen MR) is 50.2 cm³/mol. The number of hydrogen-bond donors (Lipinski definition) is 1. The van der Waals surface area contributed by atoms with Gasteiger partial charge in [0, 0.05) is 6.04 Å². The zero-order chi connectivity index (χ0) is 8.72. The van der Waals surface area contributed by atoms with E-state index in [1.165, 1.54) is 11.5 Å². The van der Waals surface area contributed by atoms with Crippen LogP contribution in [0.2, 0.25) is 0 Å². The Bertz CT molecular complexity index is 400. The number of aromatic nitrogens is 3. The Balaban J connectivity index is 2.71. The van der Waals surface area contributed by atoms with Gasteiger partial charge in [0.05, 0.1) is 6.33 Å². The normalized spacial score (nSPS) is 11.6. The van der Waals surface area contributed by atoms with E-state index in [2.05, 4.69) is 27.8 Å². The van der Waals surface area contributed by atoms with E-state index in [9.17, 15) is 0 Å². The molecule has 2 N–H and O–H groups in total. The molecule has 0 amide bonds. The molecule has 0 atom stereocenters. The van der Waals surface area contributed by atoms with Gasteiger partial charge < -0.3 is 10.3 Å². The van der Waals surface area contributed by atoms with E-state index in [0.29, 0.717) is 11.9 Å². The quantitative estimate of drug-likeness (QED) is 0.729. The van der Waals surface area contributed by atoms with E-state index < -0.39 is 0 Å². The van der Waals surface area contributed by atoms with Gasteiger partial charge in [0.25, 0.3) is 0 Å². The van der Waals surface area contributed by atoms with E-state index in [1.807, 2.05) is 6.33 Å². The number of nitrogen functional groups attached to an aromatic ring is 1. The molecule has 5 heteroatoms. The lowest BCUT2D eigenvalue weighted by atomic mass is 10.4. The highest BCUT2D eigenvalue weighted by Gasteiger charge is 2.10. The Labute approximate surface area is 74.2 Å². The highest BCUT2D eigenvalue weighted by Crippen LogP contribution is 2.25. The first-order valence-corrected chi connectivity index (χ1v) is 4.55. The highest BCUT2D eigenvalue weighted by molar-refractivity contribution is 7.13. The molecule has 0 radical (unpaired) electrons. The summed E-state index contributed by atoms with van der Waals surface area (Å²) in [4.78, 5) is 5.24. The lowest BCUT2D eigenvalue weighted by molar-refractivity contribution is 0.620. The molecule has 0 aromatic carbocycles. The maximum atomic E-state index is 5.61. The molecule has 0 spiro atoms. The second-order valence-corrected chi connectivity index (χ2v) is 3.72. The molecule has 0 aliphatic rings. The molecule has 0 aliphatic heterocycles. The van der Waals surface area contributed by atoms with Crippen LogP contribution in [0.3, 0.4) is 0 Å². The van der Waals surface area contributed by atoms with Crippen LogP contribution >= 0.6 is 11.5 Å². The summed E-state index contributed by atoms with van der Waals surface area (Å²) in [5.74, 6) is 0.536. The summed E-state index contributed by atoms with van der Waals surface area (Å²) >= 11 is 1.40. The summed E-state index contributed by atoms with van der Waals surface area (Å²) in [7, 11) is 0. The lowest BCUT2D eigenvalue weighted by Gasteiger charge is -2.04. The fraction of sp³-hybridized carbons (Fsp3) is 0.429. The van der Waals surface area contributed by atoms with E-state index in [4.69, 9.17) is 5.73 Å². The molecule has 0 saturated carbocycles. The lowest BCUT2D eigenvalue weighted by Crippen LogP contribution is -1.96. The van der Waals surface area contributed by atoms with Crippen LogP contribution in [0, 0.1) is 0 Å². The van der Waals surface area contributed by atoms with Gasteiger partial charge in [0.1, 0.15) is 10.3 Å². The van der Waals surface area contributed by atoms with E-state index in [1.54, 1.807) is 0 Å². The van der Waals surface area contributed by atoms with Crippen molar-refractivity contribution >= 4 is 27.7 Å². The third kappa shape index (κ3) is 0.896. The van der Waals surface area contributed by atoms with E-state index in [-0.39, 0.29) is 0 Å². The SMILES string of the molecule is CC(C)n1cnc2c(N)nsc21. The van der Waals surface area contributed by atoms with Crippen molar-refractivity contribution in [2.45, 2.75) is 19.9 Å². The molecule has 2 rings (SSSR count). The molecule has 0 unspecified atom stereocenters. The minimum absolute atomic E-state index is 0.412. The van der Waals surface area contributed by atoms with Gasteiger partial charge in [-0.25, -0.2) is 4.98 Å². The van der Waals surface area contributed by atoms with Crippen molar-refractivity contribution in [2.75, 3.05) is 5.73 Å². The molecule has 4 nitrogen and oxygen atoms in total.